The number of amides is 1. The van der Waals surface area contributed by atoms with E-state index in [9.17, 15) is 18.0 Å². The van der Waals surface area contributed by atoms with Crippen LogP contribution < -0.4 is 5.32 Å². The van der Waals surface area contributed by atoms with Gasteiger partial charge in [0.2, 0.25) is 5.82 Å². The monoisotopic (exact) mass is 347 g/mol. The number of halogens is 3. The molecule has 1 saturated carbocycles. The summed E-state index contributed by atoms with van der Waals surface area (Å²) in [5.74, 6) is -1.85. The zero-order valence-corrected chi connectivity index (χ0v) is 12.7. The van der Waals surface area contributed by atoms with Crippen molar-refractivity contribution in [2.45, 2.75) is 31.2 Å². The molecule has 124 valence electrons. The van der Waals surface area contributed by atoms with Gasteiger partial charge in [0.15, 0.2) is 6.10 Å². The summed E-state index contributed by atoms with van der Waals surface area (Å²) in [5.41, 5.74) is 0. The average molecular weight is 347 g/mol. The number of rotatable bonds is 5. The van der Waals surface area contributed by atoms with E-state index in [0.717, 1.165) is 24.2 Å². The summed E-state index contributed by atoms with van der Waals surface area (Å²) in [4.78, 5) is 16.3. The number of nitrogens with zero attached hydrogens (tertiary/aromatic N) is 2. The minimum Gasteiger partial charge on any atom is -0.366 e. The molecule has 1 N–H and O–H groups in total. The molecule has 1 amide bonds. The van der Waals surface area contributed by atoms with Gasteiger partial charge in [-0.25, -0.2) is 0 Å². The van der Waals surface area contributed by atoms with E-state index in [0.29, 0.717) is 9.75 Å². The van der Waals surface area contributed by atoms with Gasteiger partial charge in [0.05, 0.1) is 4.88 Å². The lowest BCUT2D eigenvalue weighted by molar-refractivity contribution is -0.159. The van der Waals surface area contributed by atoms with E-state index in [2.05, 4.69) is 20.0 Å². The zero-order valence-electron chi connectivity index (χ0n) is 11.9. The van der Waals surface area contributed by atoms with Gasteiger partial charge in [0.1, 0.15) is 0 Å². The fraction of sp³-hybridized carbons (Fsp3) is 0.462. The Hall–Kier alpha value is -1.94. The van der Waals surface area contributed by atoms with Gasteiger partial charge in [-0.15, -0.1) is 11.3 Å². The molecule has 0 spiro atoms. The summed E-state index contributed by atoms with van der Waals surface area (Å²) in [5, 5.41) is 6.14. The van der Waals surface area contributed by atoms with E-state index < -0.39 is 18.2 Å². The highest BCUT2D eigenvalue weighted by Crippen LogP contribution is 2.34. The maximum absolute atomic E-state index is 12.5. The summed E-state index contributed by atoms with van der Waals surface area (Å²) in [7, 11) is 1.40. The molecule has 6 nitrogen and oxygen atoms in total. The van der Waals surface area contributed by atoms with E-state index in [1.165, 1.54) is 13.2 Å². The molecule has 23 heavy (non-hydrogen) atoms. The van der Waals surface area contributed by atoms with Gasteiger partial charge in [-0.1, -0.05) is 5.16 Å². The van der Waals surface area contributed by atoms with Crippen LogP contribution in [0, 0.1) is 0 Å². The van der Waals surface area contributed by atoms with Crippen molar-refractivity contribution >= 4 is 17.2 Å². The second kappa shape index (κ2) is 5.93. The van der Waals surface area contributed by atoms with Gasteiger partial charge < -0.3 is 14.6 Å². The van der Waals surface area contributed by atoms with Crippen molar-refractivity contribution in [3.05, 3.63) is 22.9 Å². The molecule has 0 saturated heterocycles. The molecule has 1 aliphatic rings. The molecule has 10 heteroatoms. The van der Waals surface area contributed by atoms with E-state index in [1.54, 1.807) is 6.07 Å². The average Bonchev–Trinajstić information content (AvgIpc) is 2.98. The van der Waals surface area contributed by atoms with Crippen LogP contribution in [0.2, 0.25) is 0 Å². The van der Waals surface area contributed by atoms with Crippen molar-refractivity contribution in [2.24, 2.45) is 0 Å². The van der Waals surface area contributed by atoms with E-state index in [1.807, 2.05) is 0 Å². The van der Waals surface area contributed by atoms with Gasteiger partial charge in [-0.3, -0.25) is 4.79 Å². The van der Waals surface area contributed by atoms with Gasteiger partial charge in [-0.05, 0) is 25.0 Å². The van der Waals surface area contributed by atoms with Crippen LogP contribution in [0.25, 0.3) is 10.7 Å². The van der Waals surface area contributed by atoms with Gasteiger partial charge in [0.25, 0.3) is 5.91 Å². The van der Waals surface area contributed by atoms with E-state index in [-0.39, 0.29) is 17.8 Å². The minimum absolute atomic E-state index is 0.175. The summed E-state index contributed by atoms with van der Waals surface area (Å²) < 4.78 is 46.8. The first kappa shape index (κ1) is 15.9. The molecule has 0 bridgehead atoms. The molecule has 3 rings (SSSR count). The number of carbonyl (C=O) groups is 1. The first-order valence-corrected chi connectivity index (χ1v) is 7.54. The maximum Gasteiger partial charge on any atom is 0.471 e. The predicted molar refractivity (Wildman–Crippen MR) is 73.5 cm³/mol. The Labute approximate surface area is 132 Å². The van der Waals surface area contributed by atoms with E-state index in [4.69, 9.17) is 4.74 Å². The summed E-state index contributed by atoms with van der Waals surface area (Å²) >= 11 is 1.08. The Balaban J connectivity index is 1.78. The third kappa shape index (κ3) is 3.53. The minimum atomic E-state index is -4.69. The molecule has 1 atom stereocenters. The fourth-order valence-corrected chi connectivity index (χ4v) is 2.92. The lowest BCUT2D eigenvalue weighted by Crippen LogP contribution is -2.31. The van der Waals surface area contributed by atoms with Crippen molar-refractivity contribution in [3.8, 4) is 10.7 Å². The first-order chi connectivity index (χ1) is 10.9. The Kier molecular flexibility index (Phi) is 4.11. The number of thiophene rings is 1. The highest BCUT2D eigenvalue weighted by atomic mass is 32.1. The number of aromatic nitrogens is 2. The maximum atomic E-state index is 12.5. The molecule has 2 heterocycles. The smallest absolute Gasteiger partial charge is 0.366 e. The molecule has 1 aliphatic carbocycles. The molecule has 2 aromatic heterocycles. The largest absolute Gasteiger partial charge is 0.471 e. The van der Waals surface area contributed by atoms with Crippen molar-refractivity contribution in [2.75, 3.05) is 7.11 Å². The highest BCUT2D eigenvalue weighted by Gasteiger charge is 2.38. The zero-order chi connectivity index (χ0) is 16.6. The summed E-state index contributed by atoms with van der Waals surface area (Å²) in [6, 6.07) is 3.32. The highest BCUT2D eigenvalue weighted by molar-refractivity contribution is 7.15. The number of hydrogen-bond acceptors (Lipinski definition) is 6. The van der Waals surface area contributed by atoms with Crippen molar-refractivity contribution < 1.29 is 27.2 Å². The second-order valence-electron chi connectivity index (χ2n) is 5.02. The van der Waals surface area contributed by atoms with Crippen LogP contribution in [0.15, 0.2) is 16.7 Å². The number of hydrogen-bond donors (Lipinski definition) is 1. The standard InChI is InChI=1S/C13H12F3N3O3S/c1-21-9(11(20)17-6-2-3-6)7-4-5-8(23-7)10-18-12(22-19-10)13(14,15)16/h4-6,9H,2-3H2,1H3,(H,17,20)/t9-/m0/s1. The number of methoxy groups -OCH3 is 1. The van der Waals surface area contributed by atoms with Gasteiger partial charge in [0, 0.05) is 18.0 Å². The molecular weight excluding hydrogens is 335 g/mol. The molecule has 2 aromatic rings. The third-order valence-corrected chi connectivity index (χ3v) is 4.30. The second-order valence-corrected chi connectivity index (χ2v) is 6.14. The van der Waals surface area contributed by atoms with Crippen molar-refractivity contribution in [1.29, 1.82) is 0 Å². The number of carbonyl (C=O) groups excluding carboxylic acids is 1. The van der Waals surface area contributed by atoms with Crippen LogP contribution in [0.4, 0.5) is 13.2 Å². The molecule has 0 radical (unpaired) electrons. The number of nitrogens with one attached hydrogen (secondary N) is 1. The number of ether oxygens (including phenoxy) is 1. The Morgan fingerprint density at radius 2 is 2.22 bits per heavy atom. The summed E-state index contributed by atoms with van der Waals surface area (Å²) in [6.07, 6.45) is -3.62. The molecule has 0 unspecified atom stereocenters. The van der Waals surface area contributed by atoms with Crippen molar-refractivity contribution in [3.63, 3.8) is 0 Å². The van der Waals surface area contributed by atoms with Gasteiger partial charge >= 0.3 is 12.1 Å². The van der Waals surface area contributed by atoms with Crippen LogP contribution in [-0.4, -0.2) is 29.2 Å². The molecule has 0 aliphatic heterocycles. The molecule has 0 aromatic carbocycles. The Bertz CT molecular complexity index is 709. The molecular formula is C13H12F3N3O3S. The lowest BCUT2D eigenvalue weighted by atomic mass is 10.2. The quantitative estimate of drug-likeness (QED) is 0.900. The normalized spacial score (nSPS) is 16.3. The number of alkyl halides is 3. The third-order valence-electron chi connectivity index (χ3n) is 3.17. The Morgan fingerprint density at radius 1 is 1.48 bits per heavy atom. The first-order valence-electron chi connectivity index (χ1n) is 6.72. The predicted octanol–water partition coefficient (Wildman–Crippen LogP) is 2.78. The van der Waals surface area contributed by atoms with Crippen LogP contribution in [0.3, 0.4) is 0 Å². The SMILES string of the molecule is CO[C@H](C(=O)NC1CC1)c1ccc(-c2noc(C(F)(F)F)n2)s1. The Morgan fingerprint density at radius 3 is 2.78 bits per heavy atom. The van der Waals surface area contributed by atoms with Crippen LogP contribution in [0.5, 0.6) is 0 Å². The van der Waals surface area contributed by atoms with E-state index >= 15 is 0 Å². The van der Waals surface area contributed by atoms with Crippen LogP contribution >= 0.6 is 11.3 Å². The van der Waals surface area contributed by atoms with Crippen molar-refractivity contribution in [1.82, 2.24) is 15.5 Å². The molecule has 1 fully saturated rings. The summed E-state index contributed by atoms with van der Waals surface area (Å²) in [6.45, 7) is 0. The van der Waals surface area contributed by atoms with Crippen LogP contribution in [0.1, 0.15) is 29.7 Å². The topological polar surface area (TPSA) is 77.2 Å². The fourth-order valence-electron chi connectivity index (χ4n) is 1.91. The van der Waals surface area contributed by atoms with Crippen LogP contribution in [-0.2, 0) is 15.7 Å². The van der Waals surface area contributed by atoms with Gasteiger partial charge in [-0.2, -0.15) is 18.2 Å². The lowest BCUT2D eigenvalue weighted by Gasteiger charge is -2.13.